The molecule has 0 unspecified atom stereocenters. The number of methoxy groups -OCH3 is 1. The van der Waals surface area contributed by atoms with Crippen molar-refractivity contribution in [3.8, 4) is 17.6 Å². The summed E-state index contributed by atoms with van der Waals surface area (Å²) >= 11 is 0. The minimum atomic E-state index is -0.596. The first-order chi connectivity index (χ1) is 10.7. The Labute approximate surface area is 127 Å². The second-order valence-electron chi connectivity index (χ2n) is 4.85. The van der Waals surface area contributed by atoms with Gasteiger partial charge in [-0.2, -0.15) is 5.26 Å². The van der Waals surface area contributed by atoms with Crippen molar-refractivity contribution < 1.29 is 13.9 Å². The molecule has 4 nitrogen and oxygen atoms in total. The molecule has 0 spiro atoms. The maximum Gasteiger partial charge on any atom is 0.205 e. The van der Waals surface area contributed by atoms with Crippen LogP contribution in [0.3, 0.4) is 0 Å². The molecule has 0 saturated carbocycles. The first-order valence-electron chi connectivity index (χ1n) is 6.65. The molecule has 0 saturated heterocycles. The molecule has 1 heterocycles. The van der Waals surface area contributed by atoms with Crippen molar-refractivity contribution in [1.82, 2.24) is 0 Å². The van der Waals surface area contributed by atoms with Gasteiger partial charge in [-0.1, -0.05) is 24.3 Å². The highest BCUT2D eigenvalue weighted by Gasteiger charge is 2.32. The zero-order chi connectivity index (χ0) is 15.7. The SMILES string of the molecule is COc1ccc2c(c1)OC(N)=C(C#N)[C@@H]2c1ccccc1F. The van der Waals surface area contributed by atoms with Gasteiger partial charge < -0.3 is 15.2 Å². The number of hydrogen-bond donors (Lipinski definition) is 1. The lowest BCUT2D eigenvalue weighted by Crippen LogP contribution is -2.21. The van der Waals surface area contributed by atoms with Gasteiger partial charge in [0.1, 0.15) is 29.0 Å². The van der Waals surface area contributed by atoms with Gasteiger partial charge in [0, 0.05) is 17.2 Å². The molecule has 2 aromatic rings. The van der Waals surface area contributed by atoms with E-state index < -0.39 is 11.7 Å². The topological polar surface area (TPSA) is 68.3 Å². The molecule has 1 aliphatic heterocycles. The van der Waals surface area contributed by atoms with Gasteiger partial charge in [-0.3, -0.25) is 0 Å². The van der Waals surface area contributed by atoms with Crippen molar-refractivity contribution in [3.05, 3.63) is 70.9 Å². The van der Waals surface area contributed by atoms with Crippen LogP contribution in [-0.4, -0.2) is 7.11 Å². The van der Waals surface area contributed by atoms with Crippen LogP contribution in [0, 0.1) is 17.1 Å². The van der Waals surface area contributed by atoms with E-state index in [-0.39, 0.29) is 11.5 Å². The Balaban J connectivity index is 2.24. The molecule has 110 valence electrons. The standard InChI is InChI=1S/C17H13FN2O2/c1-21-10-6-7-12-15(8-10)22-17(20)13(9-19)16(12)11-4-2-3-5-14(11)18/h2-8,16H,20H2,1H3/t16-/m1/s1. The summed E-state index contributed by atoms with van der Waals surface area (Å²) in [6, 6.07) is 13.5. The average molecular weight is 296 g/mol. The lowest BCUT2D eigenvalue weighted by atomic mass is 9.83. The molecule has 22 heavy (non-hydrogen) atoms. The minimum absolute atomic E-state index is 0.0171. The average Bonchev–Trinajstić information content (AvgIpc) is 2.53. The molecule has 0 radical (unpaired) electrons. The lowest BCUT2D eigenvalue weighted by Gasteiger charge is -2.26. The Morgan fingerprint density at radius 3 is 2.68 bits per heavy atom. The van der Waals surface area contributed by atoms with Gasteiger partial charge in [-0.15, -0.1) is 0 Å². The van der Waals surface area contributed by atoms with Crippen LogP contribution in [0.5, 0.6) is 11.5 Å². The first-order valence-corrected chi connectivity index (χ1v) is 6.65. The lowest BCUT2D eigenvalue weighted by molar-refractivity contribution is 0.380. The predicted molar refractivity (Wildman–Crippen MR) is 78.7 cm³/mol. The van der Waals surface area contributed by atoms with E-state index in [1.165, 1.54) is 6.07 Å². The number of nitrogens with zero attached hydrogens (tertiary/aromatic N) is 1. The summed E-state index contributed by atoms with van der Waals surface area (Å²) in [5.74, 6) is 0.0532. The molecule has 5 heteroatoms. The van der Waals surface area contributed by atoms with E-state index in [0.29, 0.717) is 22.6 Å². The Bertz CT molecular complexity index is 809. The van der Waals surface area contributed by atoms with Crippen LogP contribution in [0.4, 0.5) is 4.39 Å². The second kappa shape index (κ2) is 5.41. The van der Waals surface area contributed by atoms with Gasteiger partial charge in [0.15, 0.2) is 0 Å². The number of rotatable bonds is 2. The maximum atomic E-state index is 14.2. The number of nitriles is 1. The highest BCUT2D eigenvalue weighted by Crippen LogP contribution is 2.43. The van der Waals surface area contributed by atoms with Crippen molar-refractivity contribution >= 4 is 0 Å². The van der Waals surface area contributed by atoms with Crippen LogP contribution >= 0.6 is 0 Å². The summed E-state index contributed by atoms with van der Waals surface area (Å²) in [7, 11) is 1.54. The zero-order valence-corrected chi connectivity index (χ0v) is 11.8. The summed E-state index contributed by atoms with van der Waals surface area (Å²) in [5, 5.41) is 9.40. The van der Waals surface area contributed by atoms with E-state index >= 15 is 0 Å². The van der Waals surface area contributed by atoms with E-state index in [1.54, 1.807) is 43.5 Å². The van der Waals surface area contributed by atoms with Crippen LogP contribution < -0.4 is 15.2 Å². The molecule has 0 amide bonds. The molecule has 0 fully saturated rings. The first kappa shape index (κ1) is 14.0. The third-order valence-corrected chi connectivity index (χ3v) is 3.64. The molecular formula is C17H13FN2O2. The Morgan fingerprint density at radius 2 is 2.00 bits per heavy atom. The Kier molecular flexibility index (Phi) is 3.43. The zero-order valence-electron chi connectivity index (χ0n) is 11.8. The summed E-state index contributed by atoms with van der Waals surface area (Å²) in [6.07, 6.45) is 0. The number of fused-ring (bicyclic) bond motifs is 1. The van der Waals surface area contributed by atoms with Gasteiger partial charge in [0.25, 0.3) is 0 Å². The molecular weight excluding hydrogens is 283 g/mol. The van der Waals surface area contributed by atoms with Gasteiger partial charge in [0.2, 0.25) is 5.88 Å². The highest BCUT2D eigenvalue weighted by atomic mass is 19.1. The van der Waals surface area contributed by atoms with Crippen LogP contribution in [0.15, 0.2) is 53.9 Å². The van der Waals surface area contributed by atoms with Gasteiger partial charge >= 0.3 is 0 Å². The largest absolute Gasteiger partial charge is 0.497 e. The summed E-state index contributed by atoms with van der Waals surface area (Å²) < 4.78 is 24.9. The van der Waals surface area contributed by atoms with Crippen LogP contribution in [0.1, 0.15) is 17.0 Å². The summed E-state index contributed by atoms with van der Waals surface area (Å²) in [4.78, 5) is 0. The van der Waals surface area contributed by atoms with Crippen LogP contribution in [-0.2, 0) is 0 Å². The highest BCUT2D eigenvalue weighted by molar-refractivity contribution is 5.57. The van der Waals surface area contributed by atoms with Gasteiger partial charge in [0.05, 0.1) is 13.0 Å². The van der Waals surface area contributed by atoms with Crippen molar-refractivity contribution in [1.29, 1.82) is 5.26 Å². The molecule has 0 bridgehead atoms. The summed E-state index contributed by atoms with van der Waals surface area (Å²) in [5.41, 5.74) is 7.11. The second-order valence-corrected chi connectivity index (χ2v) is 4.85. The number of hydrogen-bond acceptors (Lipinski definition) is 4. The van der Waals surface area contributed by atoms with E-state index in [0.717, 1.165) is 0 Å². The Hall–Kier alpha value is -3.00. The van der Waals surface area contributed by atoms with E-state index in [2.05, 4.69) is 0 Å². The van der Waals surface area contributed by atoms with Crippen molar-refractivity contribution in [2.45, 2.75) is 5.92 Å². The quantitative estimate of drug-likeness (QED) is 0.924. The van der Waals surface area contributed by atoms with Crippen molar-refractivity contribution in [2.24, 2.45) is 5.73 Å². The molecule has 3 rings (SSSR count). The monoisotopic (exact) mass is 296 g/mol. The molecule has 1 aliphatic rings. The van der Waals surface area contributed by atoms with E-state index in [9.17, 15) is 9.65 Å². The number of ether oxygens (including phenoxy) is 2. The maximum absolute atomic E-state index is 14.2. The minimum Gasteiger partial charge on any atom is -0.497 e. The van der Waals surface area contributed by atoms with Crippen LogP contribution in [0.25, 0.3) is 0 Å². The summed E-state index contributed by atoms with van der Waals surface area (Å²) in [6.45, 7) is 0. The number of nitrogens with two attached hydrogens (primary N) is 1. The van der Waals surface area contributed by atoms with Crippen molar-refractivity contribution in [2.75, 3.05) is 7.11 Å². The molecule has 0 aromatic heterocycles. The molecule has 2 N–H and O–H groups in total. The molecule has 0 aliphatic carbocycles. The fourth-order valence-electron chi connectivity index (χ4n) is 2.59. The smallest absolute Gasteiger partial charge is 0.205 e. The molecule has 2 aromatic carbocycles. The Morgan fingerprint density at radius 1 is 1.23 bits per heavy atom. The van der Waals surface area contributed by atoms with E-state index in [4.69, 9.17) is 15.2 Å². The normalized spacial score (nSPS) is 16.5. The van der Waals surface area contributed by atoms with Crippen LogP contribution in [0.2, 0.25) is 0 Å². The van der Waals surface area contributed by atoms with E-state index in [1.807, 2.05) is 6.07 Å². The number of benzene rings is 2. The third-order valence-electron chi connectivity index (χ3n) is 3.64. The third kappa shape index (κ3) is 2.15. The number of halogens is 1. The van der Waals surface area contributed by atoms with Gasteiger partial charge in [-0.25, -0.2) is 4.39 Å². The fraction of sp³-hybridized carbons (Fsp3) is 0.118. The van der Waals surface area contributed by atoms with Crippen molar-refractivity contribution in [3.63, 3.8) is 0 Å². The number of allylic oxidation sites excluding steroid dienone is 1. The fourth-order valence-corrected chi connectivity index (χ4v) is 2.59. The predicted octanol–water partition coefficient (Wildman–Crippen LogP) is 3.05. The molecule has 1 atom stereocenters. The van der Waals surface area contributed by atoms with Gasteiger partial charge in [-0.05, 0) is 12.1 Å².